The van der Waals surface area contributed by atoms with Crippen LogP contribution in [0, 0.1) is 18.8 Å². The third-order valence-corrected chi connectivity index (χ3v) is 3.96. The fourth-order valence-electron chi connectivity index (χ4n) is 1.64. The average Bonchev–Trinajstić information content (AvgIpc) is 2.37. The molecule has 0 aliphatic rings. The van der Waals surface area contributed by atoms with Gasteiger partial charge in [-0.05, 0) is 37.1 Å². The van der Waals surface area contributed by atoms with Crippen LogP contribution in [0.5, 0.6) is 0 Å². The van der Waals surface area contributed by atoms with Crippen molar-refractivity contribution in [2.75, 3.05) is 30.7 Å². The minimum absolute atomic E-state index is 0.0363. The van der Waals surface area contributed by atoms with Crippen LogP contribution in [0.2, 0.25) is 0 Å². The Labute approximate surface area is 120 Å². The van der Waals surface area contributed by atoms with Crippen molar-refractivity contribution in [3.05, 3.63) is 29.3 Å². The summed E-state index contributed by atoms with van der Waals surface area (Å²) in [6.45, 7) is 2.60. The largest absolute Gasteiger partial charge is 0.385 e. The van der Waals surface area contributed by atoms with Gasteiger partial charge in [0.15, 0.2) is 0 Å². The highest BCUT2D eigenvalue weighted by atomic mass is 32.2. The maximum Gasteiger partial charge on any atom is 0.232 e. The third-order valence-electron chi connectivity index (χ3n) is 2.59. The highest BCUT2D eigenvalue weighted by Crippen LogP contribution is 2.16. The summed E-state index contributed by atoms with van der Waals surface area (Å²) in [5, 5.41) is 0. The molecule has 0 atom stereocenters. The number of hydrogen-bond acceptors (Lipinski definition) is 4. The highest BCUT2D eigenvalue weighted by molar-refractivity contribution is 7.92. The molecule has 0 saturated carbocycles. The van der Waals surface area contributed by atoms with E-state index >= 15 is 0 Å². The number of hydrogen-bond donors (Lipinski definition) is 2. The van der Waals surface area contributed by atoms with Gasteiger partial charge in [-0.25, -0.2) is 8.42 Å². The second-order valence-electron chi connectivity index (χ2n) is 4.30. The number of methoxy groups -OCH3 is 1. The van der Waals surface area contributed by atoms with Crippen molar-refractivity contribution < 1.29 is 13.2 Å². The van der Waals surface area contributed by atoms with Gasteiger partial charge < -0.3 is 10.5 Å². The van der Waals surface area contributed by atoms with E-state index in [-0.39, 0.29) is 5.75 Å². The first kappa shape index (κ1) is 16.5. The molecule has 0 saturated heterocycles. The summed E-state index contributed by atoms with van der Waals surface area (Å²) in [6.07, 6.45) is 0.463. The van der Waals surface area contributed by atoms with Crippen molar-refractivity contribution in [2.45, 2.75) is 13.3 Å². The summed E-state index contributed by atoms with van der Waals surface area (Å²) < 4.78 is 31.1. The minimum atomic E-state index is -3.34. The Balaban J connectivity index is 2.76. The number of nitrogens with one attached hydrogen (secondary N) is 1. The van der Waals surface area contributed by atoms with Crippen LogP contribution in [0.15, 0.2) is 18.2 Å². The zero-order chi connectivity index (χ0) is 15.0. The lowest BCUT2D eigenvalue weighted by Crippen LogP contribution is -2.17. The summed E-state index contributed by atoms with van der Waals surface area (Å²) in [7, 11) is -1.79. The van der Waals surface area contributed by atoms with Crippen molar-refractivity contribution in [2.24, 2.45) is 5.73 Å². The van der Waals surface area contributed by atoms with Crippen molar-refractivity contribution in [1.82, 2.24) is 0 Å². The summed E-state index contributed by atoms with van der Waals surface area (Å²) in [6, 6.07) is 5.24. The van der Waals surface area contributed by atoms with Gasteiger partial charge in [-0.1, -0.05) is 11.8 Å². The van der Waals surface area contributed by atoms with Crippen LogP contribution in [0.3, 0.4) is 0 Å². The van der Waals surface area contributed by atoms with Gasteiger partial charge in [0.25, 0.3) is 0 Å². The van der Waals surface area contributed by atoms with Gasteiger partial charge in [0.1, 0.15) is 0 Å². The van der Waals surface area contributed by atoms with Gasteiger partial charge in [-0.2, -0.15) is 0 Å². The molecule has 0 unspecified atom stereocenters. The first-order valence-electron chi connectivity index (χ1n) is 6.27. The first-order valence-corrected chi connectivity index (χ1v) is 7.93. The van der Waals surface area contributed by atoms with Crippen LogP contribution in [0.1, 0.15) is 17.5 Å². The van der Waals surface area contributed by atoms with Crippen LogP contribution >= 0.6 is 0 Å². The molecule has 0 bridgehead atoms. The standard InChI is InChI=1S/C14H20N2O3S/c1-12-11-14(7-6-13(12)5-3-8-15)16-20(17,18)10-4-9-19-2/h6-7,11,16H,4,8-10,15H2,1-2H3. The van der Waals surface area contributed by atoms with Gasteiger partial charge in [-0.15, -0.1) is 0 Å². The summed E-state index contributed by atoms with van der Waals surface area (Å²) >= 11 is 0. The Morgan fingerprint density at radius 1 is 1.40 bits per heavy atom. The fraction of sp³-hybridized carbons (Fsp3) is 0.429. The second kappa shape index (κ2) is 7.90. The van der Waals surface area contributed by atoms with Gasteiger partial charge in [0, 0.05) is 25.0 Å². The van der Waals surface area contributed by atoms with E-state index in [0.717, 1.165) is 11.1 Å². The summed E-state index contributed by atoms with van der Waals surface area (Å²) in [5.74, 6) is 5.74. The molecule has 20 heavy (non-hydrogen) atoms. The van der Waals surface area contributed by atoms with Gasteiger partial charge in [0.2, 0.25) is 10.0 Å². The number of sulfonamides is 1. The maximum absolute atomic E-state index is 11.8. The molecule has 0 aliphatic carbocycles. The molecule has 1 aromatic rings. The number of nitrogens with two attached hydrogens (primary N) is 1. The molecule has 0 radical (unpaired) electrons. The van der Waals surface area contributed by atoms with E-state index in [4.69, 9.17) is 10.5 Å². The quantitative estimate of drug-likeness (QED) is 0.608. The number of benzene rings is 1. The third kappa shape index (κ3) is 5.61. The lowest BCUT2D eigenvalue weighted by molar-refractivity contribution is 0.199. The van der Waals surface area contributed by atoms with Gasteiger partial charge >= 0.3 is 0 Å². The minimum Gasteiger partial charge on any atom is -0.385 e. The van der Waals surface area contributed by atoms with Crippen LogP contribution in [0.4, 0.5) is 5.69 Å². The Hall–Kier alpha value is -1.55. The van der Waals surface area contributed by atoms with E-state index < -0.39 is 10.0 Å². The molecule has 6 heteroatoms. The summed E-state index contributed by atoms with van der Waals surface area (Å²) in [5.41, 5.74) is 7.61. The van der Waals surface area contributed by atoms with Crippen molar-refractivity contribution in [3.8, 4) is 11.8 Å². The molecule has 0 heterocycles. The lowest BCUT2D eigenvalue weighted by atomic mass is 10.1. The van der Waals surface area contributed by atoms with Crippen molar-refractivity contribution >= 4 is 15.7 Å². The lowest BCUT2D eigenvalue weighted by Gasteiger charge is -2.09. The van der Waals surface area contributed by atoms with E-state index in [1.165, 1.54) is 0 Å². The SMILES string of the molecule is COCCCS(=O)(=O)Nc1ccc(C#CCN)c(C)c1. The summed E-state index contributed by atoms with van der Waals surface area (Å²) in [4.78, 5) is 0. The van der Waals surface area contributed by atoms with Crippen LogP contribution in [0.25, 0.3) is 0 Å². The maximum atomic E-state index is 11.8. The number of ether oxygens (including phenoxy) is 1. The zero-order valence-electron chi connectivity index (χ0n) is 11.8. The predicted octanol–water partition coefficient (Wildman–Crippen LogP) is 1.08. The van der Waals surface area contributed by atoms with Gasteiger partial charge in [0.05, 0.1) is 12.3 Å². The molecule has 3 N–H and O–H groups in total. The smallest absolute Gasteiger partial charge is 0.232 e. The molecule has 1 rings (SSSR count). The van der Waals surface area contributed by atoms with E-state index in [1.807, 2.05) is 6.92 Å². The van der Waals surface area contributed by atoms with Crippen LogP contribution in [-0.2, 0) is 14.8 Å². The van der Waals surface area contributed by atoms with Gasteiger partial charge in [-0.3, -0.25) is 4.72 Å². The zero-order valence-corrected chi connectivity index (χ0v) is 12.6. The van der Waals surface area contributed by atoms with Crippen molar-refractivity contribution in [3.63, 3.8) is 0 Å². The Kier molecular flexibility index (Phi) is 6.52. The van der Waals surface area contributed by atoms with Crippen LogP contribution in [-0.4, -0.2) is 34.4 Å². The Morgan fingerprint density at radius 2 is 2.15 bits per heavy atom. The Morgan fingerprint density at radius 3 is 2.75 bits per heavy atom. The molecule has 0 spiro atoms. The molecule has 5 nitrogen and oxygen atoms in total. The molecule has 0 aromatic heterocycles. The van der Waals surface area contributed by atoms with E-state index in [1.54, 1.807) is 25.3 Å². The average molecular weight is 296 g/mol. The normalized spacial score (nSPS) is 10.8. The number of rotatable bonds is 6. The molecule has 0 aliphatic heterocycles. The topological polar surface area (TPSA) is 81.4 Å². The Bertz CT molecular complexity index is 601. The molecular weight excluding hydrogens is 276 g/mol. The second-order valence-corrected chi connectivity index (χ2v) is 6.14. The highest BCUT2D eigenvalue weighted by Gasteiger charge is 2.10. The van der Waals surface area contributed by atoms with Crippen molar-refractivity contribution in [1.29, 1.82) is 0 Å². The molecule has 1 aromatic carbocycles. The van der Waals surface area contributed by atoms with E-state index in [0.29, 0.717) is 25.3 Å². The number of anilines is 1. The predicted molar refractivity (Wildman–Crippen MR) is 81.0 cm³/mol. The van der Waals surface area contributed by atoms with E-state index in [2.05, 4.69) is 16.6 Å². The number of aryl methyl sites for hydroxylation is 1. The monoisotopic (exact) mass is 296 g/mol. The van der Waals surface area contributed by atoms with Crippen LogP contribution < -0.4 is 10.5 Å². The first-order chi connectivity index (χ1) is 9.48. The molecular formula is C14H20N2O3S. The molecule has 0 fully saturated rings. The molecule has 110 valence electrons. The fourth-order valence-corrected chi connectivity index (χ4v) is 2.72. The van der Waals surface area contributed by atoms with E-state index in [9.17, 15) is 8.42 Å². The molecule has 0 amide bonds.